The van der Waals surface area contributed by atoms with Crippen LogP contribution in [-0.2, 0) is 16.4 Å². The lowest BCUT2D eigenvalue weighted by Crippen LogP contribution is -1.56. The third-order valence-corrected chi connectivity index (χ3v) is 6.49. The second-order valence-electron chi connectivity index (χ2n) is 0.519. The summed E-state index contributed by atoms with van der Waals surface area (Å²) in [7, 11) is 2.00. The first-order valence-electron chi connectivity index (χ1n) is 1.25. The van der Waals surface area contributed by atoms with E-state index in [9.17, 15) is 4.57 Å². The predicted octanol–water partition coefficient (Wildman–Crippen LogP) is 1.59. The fourth-order valence-corrected chi connectivity index (χ4v) is 4.02. The molecule has 1 atom stereocenters. The second-order valence-corrected chi connectivity index (χ2v) is 7.66. The highest BCUT2D eigenvalue weighted by atomic mass is 33.0. The van der Waals surface area contributed by atoms with Crippen LogP contribution in [0.15, 0.2) is 0 Å². The summed E-state index contributed by atoms with van der Waals surface area (Å²) in [6.07, 6.45) is 0. The van der Waals surface area contributed by atoms with Crippen LogP contribution in [0.25, 0.3) is 0 Å². The van der Waals surface area contributed by atoms with Gasteiger partial charge >= 0.3 is 0 Å². The molecule has 5 heteroatoms. The molecule has 0 spiro atoms. The lowest BCUT2D eigenvalue weighted by atomic mass is 11.9. The average molecular weight is 154 g/mol. The maximum absolute atomic E-state index is 9.98. The third-order valence-electron chi connectivity index (χ3n) is 0.166. The molecule has 0 aliphatic carbocycles. The van der Waals surface area contributed by atoms with Gasteiger partial charge in [0.25, 0.3) is 0 Å². The van der Waals surface area contributed by atoms with E-state index < -0.39 is 5.78 Å². The van der Waals surface area contributed by atoms with Crippen LogP contribution in [0.4, 0.5) is 0 Å². The van der Waals surface area contributed by atoms with E-state index >= 15 is 0 Å². The van der Waals surface area contributed by atoms with Gasteiger partial charge < -0.3 is 0 Å². The van der Waals surface area contributed by atoms with Gasteiger partial charge in [0.05, 0.1) is 0 Å². The van der Waals surface area contributed by atoms with Crippen molar-refractivity contribution in [2.45, 2.75) is 6.55 Å². The molecule has 0 fully saturated rings. The van der Waals surface area contributed by atoms with Gasteiger partial charge in [-0.15, -0.1) is 0 Å². The van der Waals surface area contributed by atoms with Gasteiger partial charge in [0.1, 0.15) is 8.67 Å². The molecule has 0 aromatic heterocycles. The SMILES string of the molecule is C[Si]SP(=O)=S. The summed E-state index contributed by atoms with van der Waals surface area (Å²) >= 11 is 4.36. The fourth-order valence-electron chi connectivity index (χ4n) is 0.0745. The lowest BCUT2D eigenvalue weighted by Gasteiger charge is -1.69. The minimum Gasteiger partial charge on any atom is -0.259 e. The largest absolute Gasteiger partial charge is 0.259 e. The molecule has 0 saturated carbocycles. The van der Waals surface area contributed by atoms with Gasteiger partial charge in [-0.3, -0.25) is 4.57 Å². The van der Waals surface area contributed by atoms with Crippen LogP contribution in [0, 0.1) is 0 Å². The first-order chi connectivity index (χ1) is 2.77. The molecule has 0 aliphatic heterocycles. The molecule has 6 heavy (non-hydrogen) atoms. The van der Waals surface area contributed by atoms with Crippen LogP contribution in [-0.4, -0.2) is 8.67 Å². The van der Waals surface area contributed by atoms with Crippen LogP contribution in [0.2, 0.25) is 6.55 Å². The van der Waals surface area contributed by atoms with Crippen LogP contribution < -0.4 is 0 Å². The van der Waals surface area contributed by atoms with Crippen molar-refractivity contribution in [1.29, 1.82) is 0 Å². The quantitative estimate of drug-likeness (QED) is 0.444. The van der Waals surface area contributed by atoms with Crippen molar-refractivity contribution < 1.29 is 4.57 Å². The zero-order chi connectivity index (χ0) is 4.99. The maximum atomic E-state index is 9.98. The van der Waals surface area contributed by atoms with Crippen molar-refractivity contribution in [2.75, 3.05) is 0 Å². The number of hydrogen-bond donors (Lipinski definition) is 0. The van der Waals surface area contributed by atoms with Gasteiger partial charge in [-0.25, -0.2) is 0 Å². The minimum absolute atomic E-state index is 0.667. The maximum Gasteiger partial charge on any atom is 0.220 e. The zero-order valence-corrected chi connectivity index (χ0v) is 6.70. The monoisotopic (exact) mass is 154 g/mol. The van der Waals surface area contributed by atoms with E-state index in [1.165, 1.54) is 10.8 Å². The highest BCUT2D eigenvalue weighted by Crippen LogP contribution is 2.22. The molecule has 0 amide bonds. The Kier molecular flexibility index (Phi) is 4.66. The molecule has 0 N–H and O–H groups in total. The predicted molar refractivity (Wildman–Crippen MR) is 34.2 cm³/mol. The van der Waals surface area contributed by atoms with E-state index in [1.807, 2.05) is 6.55 Å². The van der Waals surface area contributed by atoms with Gasteiger partial charge in [-0.05, 0) is 11.8 Å². The Bertz CT molecular complexity index is 81.5. The topological polar surface area (TPSA) is 17.1 Å². The minimum atomic E-state index is -1.34. The molecule has 0 saturated heterocycles. The Labute approximate surface area is 48.6 Å². The molecule has 0 heterocycles. The van der Waals surface area contributed by atoms with Gasteiger partial charge in [-0.1, -0.05) is 17.4 Å². The normalized spacial score (nSPS) is 11.2. The van der Waals surface area contributed by atoms with Crippen molar-refractivity contribution in [3.8, 4) is 0 Å². The van der Waals surface area contributed by atoms with Gasteiger partial charge in [-0.2, -0.15) is 0 Å². The highest BCUT2D eigenvalue weighted by molar-refractivity contribution is 8.70. The smallest absolute Gasteiger partial charge is 0.220 e. The summed E-state index contributed by atoms with van der Waals surface area (Å²) in [5.41, 5.74) is 0. The van der Waals surface area contributed by atoms with Crippen molar-refractivity contribution in [2.24, 2.45) is 0 Å². The standard InChI is InChI=1S/CH3OPS2Si/c1-6-5-3(2)4/h1H3. The average Bonchev–Trinajstić information content (AvgIpc) is 1.35. The first kappa shape index (κ1) is 6.89. The van der Waals surface area contributed by atoms with Crippen molar-refractivity contribution in [3.63, 3.8) is 0 Å². The molecule has 0 rings (SSSR count). The first-order valence-corrected chi connectivity index (χ1v) is 7.17. The van der Waals surface area contributed by atoms with Crippen molar-refractivity contribution >= 4 is 37.1 Å². The fraction of sp³-hybridized carbons (Fsp3) is 1.00. The molecule has 2 radical (unpaired) electrons. The van der Waals surface area contributed by atoms with Gasteiger partial charge in [0.2, 0.25) is 5.78 Å². The highest BCUT2D eigenvalue weighted by Gasteiger charge is 1.78. The Balaban J connectivity index is 3.07. The van der Waals surface area contributed by atoms with Crippen LogP contribution >= 0.6 is 16.6 Å². The Hall–Kier alpha value is 0.887. The summed E-state index contributed by atoms with van der Waals surface area (Å²) in [6.45, 7) is 1.96. The van der Waals surface area contributed by atoms with E-state index in [1.54, 1.807) is 0 Å². The Morgan fingerprint density at radius 3 is 2.50 bits per heavy atom. The molecule has 1 unspecified atom stereocenters. The van der Waals surface area contributed by atoms with Gasteiger partial charge in [0.15, 0.2) is 0 Å². The van der Waals surface area contributed by atoms with E-state index in [-0.39, 0.29) is 0 Å². The molecule has 0 aromatic rings. The molecule has 0 aliphatic rings. The molecule has 34 valence electrons. The number of rotatable bonds is 2. The summed E-state index contributed by atoms with van der Waals surface area (Å²) in [5.74, 6) is -1.34. The zero-order valence-electron chi connectivity index (χ0n) is 3.17. The van der Waals surface area contributed by atoms with E-state index in [2.05, 4.69) is 11.8 Å². The summed E-state index contributed by atoms with van der Waals surface area (Å²) in [4.78, 5) is 0. The van der Waals surface area contributed by atoms with E-state index in [4.69, 9.17) is 0 Å². The van der Waals surface area contributed by atoms with Crippen LogP contribution in [0.5, 0.6) is 0 Å². The molecule has 1 nitrogen and oxygen atoms in total. The summed E-state index contributed by atoms with van der Waals surface area (Å²) in [6, 6.07) is 0. The molecule has 0 bridgehead atoms. The summed E-state index contributed by atoms with van der Waals surface area (Å²) < 4.78 is 9.98. The van der Waals surface area contributed by atoms with Gasteiger partial charge in [0, 0.05) is 0 Å². The third kappa shape index (κ3) is 4.89. The molecule has 0 aromatic carbocycles. The van der Waals surface area contributed by atoms with Crippen LogP contribution in [0.3, 0.4) is 0 Å². The molecular formula is CH3OPS2Si. The van der Waals surface area contributed by atoms with Crippen LogP contribution in [0.1, 0.15) is 0 Å². The molecular weight excluding hydrogens is 151 g/mol. The van der Waals surface area contributed by atoms with Crippen molar-refractivity contribution in [1.82, 2.24) is 0 Å². The van der Waals surface area contributed by atoms with E-state index in [0.29, 0.717) is 8.67 Å². The van der Waals surface area contributed by atoms with E-state index in [0.717, 1.165) is 0 Å². The van der Waals surface area contributed by atoms with Crippen molar-refractivity contribution in [3.05, 3.63) is 0 Å². The Morgan fingerprint density at radius 2 is 2.50 bits per heavy atom. The lowest BCUT2D eigenvalue weighted by molar-refractivity contribution is 0.605. The Morgan fingerprint density at radius 1 is 2.00 bits per heavy atom. The summed E-state index contributed by atoms with van der Waals surface area (Å²) in [5, 5.41) is 0. The second kappa shape index (κ2) is 4.06. The number of hydrogen-bond acceptors (Lipinski definition) is 3.